The maximum absolute atomic E-state index is 13.2. The molecule has 2 aliphatic heterocycles. The fourth-order valence-electron chi connectivity index (χ4n) is 6.05. The van der Waals surface area contributed by atoms with Gasteiger partial charge in [0.15, 0.2) is 0 Å². The topological polar surface area (TPSA) is 154 Å². The molecule has 248 valence electrons. The SMILES string of the molecule is COC(=O)N[C@H]1CCCCCOCC[C@@H](c2ncc(-c3ccc(-c4c[nH]c([C@@H]5CCCN5C(=O)[C@@H](C)C(C)C)n4)cc3)[nH]2)NC1=O. The fourth-order valence-corrected chi connectivity index (χ4v) is 6.05. The molecule has 0 bridgehead atoms. The van der Waals surface area contributed by atoms with Gasteiger partial charge in [-0.3, -0.25) is 9.59 Å². The normalized spacial score (nSPS) is 22.1. The number of carbonyl (C=O) groups is 3. The van der Waals surface area contributed by atoms with Crippen molar-refractivity contribution in [3.63, 3.8) is 0 Å². The van der Waals surface area contributed by atoms with Crippen LogP contribution >= 0.6 is 0 Å². The minimum absolute atomic E-state index is 0.0223. The highest BCUT2D eigenvalue weighted by molar-refractivity contribution is 5.85. The van der Waals surface area contributed by atoms with Crippen molar-refractivity contribution in [1.29, 1.82) is 0 Å². The second-order valence-electron chi connectivity index (χ2n) is 12.7. The van der Waals surface area contributed by atoms with Gasteiger partial charge in [0.25, 0.3) is 0 Å². The quantitative estimate of drug-likeness (QED) is 0.276. The van der Waals surface area contributed by atoms with Gasteiger partial charge in [0.1, 0.15) is 17.7 Å². The van der Waals surface area contributed by atoms with Gasteiger partial charge in [-0.15, -0.1) is 0 Å². The van der Waals surface area contributed by atoms with Crippen LogP contribution in [0.25, 0.3) is 22.5 Å². The minimum atomic E-state index is -0.694. The number of aromatic amines is 2. The lowest BCUT2D eigenvalue weighted by Gasteiger charge is -2.27. The van der Waals surface area contributed by atoms with E-state index in [-0.39, 0.29) is 23.8 Å². The van der Waals surface area contributed by atoms with Gasteiger partial charge in [0.05, 0.1) is 36.8 Å². The summed E-state index contributed by atoms with van der Waals surface area (Å²) in [6.07, 6.45) is 8.54. The predicted molar refractivity (Wildman–Crippen MR) is 173 cm³/mol. The maximum Gasteiger partial charge on any atom is 0.407 e. The number of alkyl carbamates (subject to hydrolysis) is 1. The maximum atomic E-state index is 13.2. The summed E-state index contributed by atoms with van der Waals surface area (Å²) in [6, 6.07) is 6.91. The number of likely N-dealkylation sites (tertiary alicyclic amines) is 1. The molecule has 12 nitrogen and oxygen atoms in total. The van der Waals surface area contributed by atoms with E-state index in [9.17, 15) is 14.4 Å². The number of carbonyl (C=O) groups excluding carboxylic acids is 3. The first-order valence-electron chi connectivity index (χ1n) is 16.5. The van der Waals surface area contributed by atoms with E-state index in [0.717, 1.165) is 67.0 Å². The van der Waals surface area contributed by atoms with Crippen molar-refractivity contribution in [3.8, 4) is 22.5 Å². The lowest BCUT2D eigenvalue weighted by molar-refractivity contribution is -0.137. The van der Waals surface area contributed by atoms with Gasteiger partial charge >= 0.3 is 6.09 Å². The number of hydrogen-bond donors (Lipinski definition) is 4. The number of amides is 3. The van der Waals surface area contributed by atoms with Crippen molar-refractivity contribution in [2.75, 3.05) is 26.9 Å². The number of methoxy groups -OCH3 is 1. The summed E-state index contributed by atoms with van der Waals surface area (Å²) in [6.45, 7) is 8.07. The highest BCUT2D eigenvalue weighted by atomic mass is 16.5. The highest BCUT2D eigenvalue weighted by Crippen LogP contribution is 2.34. The smallest absolute Gasteiger partial charge is 0.407 e. The van der Waals surface area contributed by atoms with Crippen LogP contribution in [0.4, 0.5) is 4.79 Å². The second kappa shape index (κ2) is 15.4. The molecule has 3 amide bonds. The molecular weight excluding hydrogens is 586 g/mol. The van der Waals surface area contributed by atoms with Crippen molar-refractivity contribution in [1.82, 2.24) is 35.5 Å². The van der Waals surface area contributed by atoms with Crippen LogP contribution < -0.4 is 10.6 Å². The average molecular weight is 634 g/mol. The zero-order valence-corrected chi connectivity index (χ0v) is 27.3. The van der Waals surface area contributed by atoms with E-state index in [1.54, 1.807) is 6.20 Å². The Bertz CT molecular complexity index is 1470. The zero-order valence-electron chi connectivity index (χ0n) is 27.3. The summed E-state index contributed by atoms with van der Waals surface area (Å²) in [7, 11) is 1.29. The largest absolute Gasteiger partial charge is 0.453 e. The fraction of sp³-hybridized carbons (Fsp3) is 0.559. The molecule has 46 heavy (non-hydrogen) atoms. The third kappa shape index (κ3) is 7.96. The van der Waals surface area contributed by atoms with Crippen LogP contribution in [-0.2, 0) is 19.1 Å². The standard InChI is InChI=1S/C34H47N7O5/c1-21(2)22(3)33(43)41-16-8-10-29(41)31-36-20-28(38-31)24-13-11-23(12-14-24)27-19-35-30(37-27)25-15-18-46-17-7-5-6-9-26(32(42)39-25)40-34(44)45-4/h11-14,19-22,25-26,29H,5-10,15-18H2,1-4H3,(H,35,37)(H,36,38)(H,39,42)(H,40,44)/t22-,25-,26-,29-/m0/s1. The van der Waals surface area contributed by atoms with Gasteiger partial charge < -0.3 is 35.0 Å². The van der Waals surface area contributed by atoms with E-state index in [4.69, 9.17) is 14.5 Å². The lowest BCUT2D eigenvalue weighted by Crippen LogP contribution is -2.48. The first-order chi connectivity index (χ1) is 22.2. The Hall–Kier alpha value is -4.19. The molecule has 3 aromatic rings. The molecule has 0 aliphatic carbocycles. The van der Waals surface area contributed by atoms with E-state index in [0.29, 0.717) is 37.8 Å². The number of nitrogens with one attached hydrogen (secondary N) is 4. The molecule has 4 heterocycles. The van der Waals surface area contributed by atoms with Crippen LogP contribution in [0.1, 0.15) is 89.4 Å². The molecule has 4 atom stereocenters. The number of nitrogens with zero attached hydrogens (tertiary/aromatic N) is 3. The molecule has 0 radical (unpaired) electrons. The number of H-pyrrole nitrogens is 2. The van der Waals surface area contributed by atoms with E-state index in [1.807, 2.05) is 42.3 Å². The Morgan fingerprint density at radius 1 is 1.00 bits per heavy atom. The molecule has 0 unspecified atom stereocenters. The Morgan fingerprint density at radius 2 is 1.78 bits per heavy atom. The Balaban J connectivity index is 1.27. The van der Waals surface area contributed by atoms with Crippen molar-refractivity contribution in [2.24, 2.45) is 11.8 Å². The average Bonchev–Trinajstić information content (AvgIpc) is 3.84. The summed E-state index contributed by atoms with van der Waals surface area (Å²) in [5.41, 5.74) is 3.54. The third-order valence-electron chi connectivity index (χ3n) is 9.20. The van der Waals surface area contributed by atoms with E-state index in [1.165, 1.54) is 7.11 Å². The van der Waals surface area contributed by atoms with Gasteiger partial charge in [0.2, 0.25) is 11.8 Å². The molecule has 2 aliphatic rings. The van der Waals surface area contributed by atoms with Crippen LogP contribution in [0.15, 0.2) is 36.7 Å². The highest BCUT2D eigenvalue weighted by Gasteiger charge is 2.35. The van der Waals surface area contributed by atoms with Crippen molar-refractivity contribution >= 4 is 17.9 Å². The second-order valence-corrected chi connectivity index (χ2v) is 12.7. The van der Waals surface area contributed by atoms with Gasteiger partial charge in [-0.2, -0.15) is 0 Å². The molecule has 0 saturated carbocycles. The van der Waals surface area contributed by atoms with Gasteiger partial charge in [-0.25, -0.2) is 14.8 Å². The van der Waals surface area contributed by atoms with Crippen molar-refractivity contribution < 1.29 is 23.9 Å². The number of benzene rings is 1. The van der Waals surface area contributed by atoms with E-state index < -0.39 is 18.2 Å². The minimum Gasteiger partial charge on any atom is -0.453 e. The predicted octanol–water partition coefficient (Wildman–Crippen LogP) is 5.29. The number of rotatable bonds is 7. The van der Waals surface area contributed by atoms with Crippen LogP contribution in [0.3, 0.4) is 0 Å². The lowest BCUT2D eigenvalue weighted by atomic mass is 9.96. The third-order valence-corrected chi connectivity index (χ3v) is 9.20. The summed E-state index contributed by atoms with van der Waals surface area (Å²) >= 11 is 0. The summed E-state index contributed by atoms with van der Waals surface area (Å²) in [5.74, 6) is 1.62. The molecule has 12 heteroatoms. The van der Waals surface area contributed by atoms with E-state index >= 15 is 0 Å². The van der Waals surface area contributed by atoms with Crippen LogP contribution in [-0.4, -0.2) is 75.7 Å². The summed E-state index contributed by atoms with van der Waals surface area (Å²) < 4.78 is 10.5. The van der Waals surface area contributed by atoms with Gasteiger partial charge in [-0.1, -0.05) is 57.9 Å². The first kappa shape index (κ1) is 33.2. The van der Waals surface area contributed by atoms with Crippen LogP contribution in [0.2, 0.25) is 0 Å². The Labute approximate surface area is 270 Å². The van der Waals surface area contributed by atoms with Crippen LogP contribution in [0.5, 0.6) is 0 Å². The molecule has 4 N–H and O–H groups in total. The molecule has 5 rings (SSSR count). The van der Waals surface area contributed by atoms with Gasteiger partial charge in [0, 0.05) is 37.4 Å². The molecule has 2 fully saturated rings. The molecule has 2 saturated heterocycles. The Kier molecular flexibility index (Phi) is 11.1. The summed E-state index contributed by atoms with van der Waals surface area (Å²) in [4.78, 5) is 56.4. The number of aromatic nitrogens is 4. The molecular formula is C34H47N7O5. The van der Waals surface area contributed by atoms with Crippen molar-refractivity contribution in [2.45, 2.75) is 83.8 Å². The Morgan fingerprint density at radius 3 is 2.54 bits per heavy atom. The van der Waals surface area contributed by atoms with E-state index in [2.05, 4.69) is 39.4 Å². The molecule has 0 spiro atoms. The summed E-state index contributed by atoms with van der Waals surface area (Å²) in [5, 5.41) is 5.72. The number of ether oxygens (including phenoxy) is 2. The number of imidazole rings is 2. The number of hydrogen-bond acceptors (Lipinski definition) is 7. The zero-order chi connectivity index (χ0) is 32.6. The first-order valence-corrected chi connectivity index (χ1v) is 16.5. The van der Waals surface area contributed by atoms with Crippen molar-refractivity contribution in [3.05, 3.63) is 48.3 Å². The van der Waals surface area contributed by atoms with Crippen LogP contribution in [0, 0.1) is 11.8 Å². The monoisotopic (exact) mass is 633 g/mol. The molecule has 2 aromatic heterocycles. The van der Waals surface area contributed by atoms with Gasteiger partial charge in [-0.05, 0) is 43.6 Å². The molecule has 1 aromatic carbocycles.